The smallest absolute Gasteiger partial charge is 0.339 e. The molecule has 0 aromatic heterocycles. The lowest BCUT2D eigenvalue weighted by Crippen LogP contribution is -2.36. The first-order valence-corrected chi connectivity index (χ1v) is 9.97. The lowest BCUT2D eigenvalue weighted by atomic mass is 9.75. The first-order chi connectivity index (χ1) is 14.1. The van der Waals surface area contributed by atoms with Gasteiger partial charge in [0, 0.05) is 17.3 Å². The molecule has 2 unspecified atom stereocenters. The minimum atomic E-state index is -0.907. The van der Waals surface area contributed by atoms with Gasteiger partial charge in [-0.15, -0.1) is 0 Å². The molecule has 0 aliphatic carbocycles. The third-order valence-electron chi connectivity index (χ3n) is 4.68. The van der Waals surface area contributed by atoms with E-state index in [1.165, 1.54) is 7.11 Å². The van der Waals surface area contributed by atoms with E-state index in [9.17, 15) is 14.4 Å². The monoisotopic (exact) mass is 455 g/mol. The Morgan fingerprint density at radius 2 is 1.80 bits per heavy atom. The Labute approximate surface area is 185 Å². The number of halogens is 2. The van der Waals surface area contributed by atoms with Gasteiger partial charge in [-0.2, -0.15) is 0 Å². The number of methoxy groups -OCH3 is 1. The van der Waals surface area contributed by atoms with E-state index in [2.05, 4.69) is 4.99 Å². The molecule has 162 valence electrons. The fourth-order valence-corrected chi connectivity index (χ4v) is 3.64. The lowest BCUT2D eigenvalue weighted by Gasteiger charge is -2.31. The SMILES string of the molecule is COC(=O)C1C(C)=NC(C)=C(C(=O)OCOC(=O)C(C)C)C1c1cccc(Cl)c1Cl. The maximum absolute atomic E-state index is 12.9. The first-order valence-electron chi connectivity index (χ1n) is 9.21. The number of ether oxygens (including phenoxy) is 3. The highest BCUT2D eigenvalue weighted by molar-refractivity contribution is 6.42. The Bertz CT molecular complexity index is 922. The van der Waals surface area contributed by atoms with Crippen LogP contribution in [0.2, 0.25) is 10.0 Å². The van der Waals surface area contributed by atoms with Gasteiger partial charge >= 0.3 is 17.9 Å². The molecule has 7 nitrogen and oxygen atoms in total. The highest BCUT2D eigenvalue weighted by atomic mass is 35.5. The second-order valence-corrected chi connectivity index (χ2v) is 7.83. The molecule has 0 spiro atoms. The summed E-state index contributed by atoms with van der Waals surface area (Å²) in [5.74, 6) is -3.98. The van der Waals surface area contributed by atoms with Crippen LogP contribution in [0, 0.1) is 11.8 Å². The summed E-state index contributed by atoms with van der Waals surface area (Å²) in [5, 5.41) is 0.478. The van der Waals surface area contributed by atoms with Crippen molar-refractivity contribution in [3.8, 4) is 0 Å². The topological polar surface area (TPSA) is 91.3 Å². The van der Waals surface area contributed by atoms with Crippen LogP contribution in [0.5, 0.6) is 0 Å². The Hall–Kier alpha value is -2.38. The van der Waals surface area contributed by atoms with Crippen molar-refractivity contribution in [3.05, 3.63) is 45.1 Å². The lowest BCUT2D eigenvalue weighted by molar-refractivity contribution is -0.167. The second kappa shape index (κ2) is 10.1. The van der Waals surface area contributed by atoms with E-state index >= 15 is 0 Å². The van der Waals surface area contributed by atoms with Gasteiger partial charge in [-0.25, -0.2) is 4.79 Å². The zero-order valence-electron chi connectivity index (χ0n) is 17.3. The molecule has 1 aromatic rings. The number of aliphatic imine (C=N–C) groups is 1. The van der Waals surface area contributed by atoms with Crippen molar-refractivity contribution in [2.45, 2.75) is 33.6 Å². The van der Waals surface area contributed by atoms with E-state index in [4.69, 9.17) is 37.4 Å². The number of carbonyl (C=O) groups excluding carboxylic acids is 3. The normalized spacial score (nSPS) is 18.7. The van der Waals surface area contributed by atoms with Gasteiger partial charge in [0.15, 0.2) is 0 Å². The summed E-state index contributed by atoms with van der Waals surface area (Å²) in [6.45, 7) is 6.05. The molecule has 30 heavy (non-hydrogen) atoms. The molecule has 2 atom stereocenters. The van der Waals surface area contributed by atoms with Crippen LogP contribution in [0.1, 0.15) is 39.2 Å². The Morgan fingerprint density at radius 3 is 2.40 bits per heavy atom. The molecule has 0 bridgehead atoms. The Morgan fingerprint density at radius 1 is 1.13 bits per heavy atom. The van der Waals surface area contributed by atoms with Crippen LogP contribution in [-0.2, 0) is 28.6 Å². The summed E-state index contributed by atoms with van der Waals surface area (Å²) < 4.78 is 15.0. The summed E-state index contributed by atoms with van der Waals surface area (Å²) in [6, 6.07) is 4.94. The summed E-state index contributed by atoms with van der Waals surface area (Å²) in [4.78, 5) is 41.5. The van der Waals surface area contributed by atoms with Gasteiger partial charge in [0.2, 0.25) is 6.79 Å². The third-order valence-corrected chi connectivity index (χ3v) is 5.52. The molecule has 0 radical (unpaired) electrons. The number of rotatable bonds is 6. The molecular formula is C21H23Cl2NO6. The van der Waals surface area contributed by atoms with Gasteiger partial charge in [0.1, 0.15) is 5.92 Å². The zero-order chi connectivity index (χ0) is 22.6. The minimum absolute atomic E-state index is 0.112. The van der Waals surface area contributed by atoms with Crippen LogP contribution in [0.15, 0.2) is 34.5 Å². The van der Waals surface area contributed by atoms with E-state index in [0.29, 0.717) is 17.0 Å². The summed E-state index contributed by atoms with van der Waals surface area (Å²) in [6.07, 6.45) is 0. The van der Waals surface area contributed by atoms with Gasteiger partial charge in [-0.05, 0) is 25.5 Å². The average molecular weight is 456 g/mol. The molecule has 1 aliphatic rings. The van der Waals surface area contributed by atoms with Crippen LogP contribution in [0.3, 0.4) is 0 Å². The molecule has 2 rings (SSSR count). The van der Waals surface area contributed by atoms with E-state index in [1.807, 2.05) is 0 Å². The van der Waals surface area contributed by atoms with Crippen molar-refractivity contribution >= 4 is 46.8 Å². The Balaban J connectivity index is 2.49. The van der Waals surface area contributed by atoms with Crippen LogP contribution in [-0.4, -0.2) is 37.5 Å². The Kier molecular flexibility index (Phi) is 8.03. The number of hydrogen-bond acceptors (Lipinski definition) is 7. The van der Waals surface area contributed by atoms with E-state index in [1.54, 1.807) is 45.9 Å². The molecule has 1 heterocycles. The second-order valence-electron chi connectivity index (χ2n) is 7.04. The molecule has 0 N–H and O–H groups in total. The minimum Gasteiger partial charge on any atom is -0.468 e. The molecule has 0 saturated carbocycles. The van der Waals surface area contributed by atoms with Crippen molar-refractivity contribution in [2.75, 3.05) is 13.9 Å². The predicted molar refractivity (Wildman–Crippen MR) is 112 cm³/mol. The van der Waals surface area contributed by atoms with Crippen molar-refractivity contribution in [3.63, 3.8) is 0 Å². The first kappa shape index (κ1) is 23.9. The van der Waals surface area contributed by atoms with E-state index < -0.39 is 36.5 Å². The van der Waals surface area contributed by atoms with Crippen molar-refractivity contribution < 1.29 is 28.6 Å². The molecule has 1 aromatic carbocycles. The summed E-state index contributed by atoms with van der Waals surface area (Å²) in [5.41, 5.74) is 1.39. The van der Waals surface area contributed by atoms with Crippen LogP contribution >= 0.6 is 23.2 Å². The van der Waals surface area contributed by atoms with Crippen LogP contribution in [0.25, 0.3) is 0 Å². The van der Waals surface area contributed by atoms with Gasteiger partial charge < -0.3 is 14.2 Å². The number of hydrogen-bond donors (Lipinski definition) is 0. The zero-order valence-corrected chi connectivity index (χ0v) is 18.8. The molecule has 9 heteroatoms. The van der Waals surface area contributed by atoms with Gasteiger partial charge in [-0.1, -0.05) is 49.2 Å². The standard InChI is InChI=1S/C21H23Cl2NO6/c1-10(2)19(25)29-9-30-21(27)16-12(4)24-11(3)15(20(26)28-5)17(16)13-7-6-8-14(22)18(13)23/h6-8,10,15,17H,9H2,1-5H3. The van der Waals surface area contributed by atoms with Gasteiger partial charge in [0.25, 0.3) is 0 Å². The summed E-state index contributed by atoms with van der Waals surface area (Å²) in [7, 11) is 1.25. The molecule has 0 fully saturated rings. The van der Waals surface area contributed by atoms with Gasteiger partial charge in [-0.3, -0.25) is 14.6 Å². The van der Waals surface area contributed by atoms with E-state index in [-0.39, 0.29) is 21.5 Å². The number of carbonyl (C=O) groups is 3. The van der Waals surface area contributed by atoms with Gasteiger partial charge in [0.05, 0.1) is 28.6 Å². The number of benzene rings is 1. The number of nitrogens with zero attached hydrogens (tertiary/aromatic N) is 1. The number of allylic oxidation sites excluding steroid dienone is 1. The fraction of sp³-hybridized carbons (Fsp3) is 0.429. The maximum Gasteiger partial charge on any atom is 0.339 e. The largest absolute Gasteiger partial charge is 0.468 e. The highest BCUT2D eigenvalue weighted by Crippen LogP contribution is 2.44. The van der Waals surface area contributed by atoms with Crippen molar-refractivity contribution in [2.24, 2.45) is 16.8 Å². The quantitative estimate of drug-likeness (QED) is 0.468. The predicted octanol–water partition coefficient (Wildman–Crippen LogP) is 4.31. The highest BCUT2D eigenvalue weighted by Gasteiger charge is 2.43. The molecule has 0 amide bonds. The summed E-state index contributed by atoms with van der Waals surface area (Å²) >= 11 is 12.6. The third kappa shape index (κ3) is 5.02. The molecular weight excluding hydrogens is 433 g/mol. The van der Waals surface area contributed by atoms with Crippen molar-refractivity contribution in [1.82, 2.24) is 0 Å². The van der Waals surface area contributed by atoms with Crippen LogP contribution < -0.4 is 0 Å². The molecule has 1 aliphatic heterocycles. The maximum atomic E-state index is 12.9. The fourth-order valence-electron chi connectivity index (χ4n) is 3.22. The average Bonchev–Trinajstić information content (AvgIpc) is 2.68. The van der Waals surface area contributed by atoms with Crippen molar-refractivity contribution in [1.29, 1.82) is 0 Å². The van der Waals surface area contributed by atoms with Crippen LogP contribution in [0.4, 0.5) is 0 Å². The molecule has 0 saturated heterocycles. The number of esters is 3. The van der Waals surface area contributed by atoms with E-state index in [0.717, 1.165) is 0 Å².